The first-order chi connectivity index (χ1) is 8.50. The Bertz CT molecular complexity index is 343. The third-order valence-electron chi connectivity index (χ3n) is 4.89. The van der Waals surface area contributed by atoms with E-state index in [0.29, 0.717) is 11.8 Å². The summed E-state index contributed by atoms with van der Waals surface area (Å²) in [7, 11) is 0. The second kappa shape index (κ2) is 5.59. The van der Waals surface area contributed by atoms with Crippen LogP contribution in [0.1, 0.15) is 53.4 Å². The van der Waals surface area contributed by atoms with Crippen LogP contribution >= 0.6 is 0 Å². The molecule has 0 N–H and O–H groups in total. The quantitative estimate of drug-likeness (QED) is 0.623. The zero-order valence-electron chi connectivity index (χ0n) is 12.2. The topological polar surface area (TPSA) is 0 Å². The molecule has 1 saturated carbocycles. The Labute approximate surface area is 111 Å². The molecule has 0 spiro atoms. The van der Waals surface area contributed by atoms with Crippen molar-refractivity contribution in [1.82, 2.24) is 0 Å². The highest BCUT2D eigenvalue weighted by Crippen LogP contribution is 2.41. The van der Waals surface area contributed by atoms with Crippen LogP contribution in [-0.2, 0) is 0 Å². The van der Waals surface area contributed by atoms with Crippen LogP contribution in [0.15, 0.2) is 23.3 Å². The third-order valence-corrected chi connectivity index (χ3v) is 4.89. The molecule has 0 saturated heterocycles. The summed E-state index contributed by atoms with van der Waals surface area (Å²) in [5.74, 6) is 1.87. The molecule has 1 heteroatoms. The fourth-order valence-electron chi connectivity index (χ4n) is 3.71. The standard InChI is InChI=1S/C17H27F/c1-11(2)16-13(4)7-10-15(17(16)18)14-8-5-12(3)6-9-14/h7,10-12,14-15,17H,5-6,8-9H2,1-4H3. The highest BCUT2D eigenvalue weighted by Gasteiger charge is 2.35. The van der Waals surface area contributed by atoms with E-state index in [1.807, 2.05) is 0 Å². The maximum atomic E-state index is 14.8. The molecule has 0 amide bonds. The van der Waals surface area contributed by atoms with Crippen LogP contribution < -0.4 is 0 Å². The Morgan fingerprint density at radius 1 is 1.17 bits per heavy atom. The molecule has 0 bridgehead atoms. The van der Waals surface area contributed by atoms with E-state index in [9.17, 15) is 4.39 Å². The predicted molar refractivity (Wildman–Crippen MR) is 76.2 cm³/mol. The van der Waals surface area contributed by atoms with Crippen LogP contribution in [0.5, 0.6) is 0 Å². The molecular weight excluding hydrogens is 223 g/mol. The van der Waals surface area contributed by atoms with E-state index in [2.05, 4.69) is 39.8 Å². The van der Waals surface area contributed by atoms with Gasteiger partial charge in [-0.05, 0) is 48.7 Å². The first-order valence-electron chi connectivity index (χ1n) is 7.53. The summed E-state index contributed by atoms with van der Waals surface area (Å²) in [6, 6.07) is 0. The van der Waals surface area contributed by atoms with Gasteiger partial charge in [-0.2, -0.15) is 0 Å². The maximum Gasteiger partial charge on any atom is 0.128 e. The molecule has 2 unspecified atom stereocenters. The molecule has 0 aromatic carbocycles. The van der Waals surface area contributed by atoms with Crippen LogP contribution in [0.25, 0.3) is 0 Å². The molecule has 0 radical (unpaired) electrons. The maximum absolute atomic E-state index is 14.8. The first-order valence-corrected chi connectivity index (χ1v) is 7.53. The minimum Gasteiger partial charge on any atom is -0.242 e. The Morgan fingerprint density at radius 2 is 1.78 bits per heavy atom. The minimum absolute atomic E-state index is 0.138. The monoisotopic (exact) mass is 250 g/mol. The van der Waals surface area contributed by atoms with Crippen molar-refractivity contribution in [2.75, 3.05) is 0 Å². The van der Waals surface area contributed by atoms with Gasteiger partial charge in [-0.1, -0.05) is 45.8 Å². The number of alkyl halides is 1. The van der Waals surface area contributed by atoms with Gasteiger partial charge in [-0.3, -0.25) is 0 Å². The number of halogens is 1. The van der Waals surface area contributed by atoms with Gasteiger partial charge in [-0.25, -0.2) is 4.39 Å². The Balaban J connectivity index is 2.11. The molecule has 1 fully saturated rings. The van der Waals surface area contributed by atoms with Gasteiger partial charge in [0.25, 0.3) is 0 Å². The smallest absolute Gasteiger partial charge is 0.128 e. The van der Waals surface area contributed by atoms with Crippen molar-refractivity contribution in [1.29, 1.82) is 0 Å². The highest BCUT2D eigenvalue weighted by atomic mass is 19.1. The van der Waals surface area contributed by atoms with E-state index in [4.69, 9.17) is 0 Å². The normalized spacial score (nSPS) is 37.4. The Kier molecular flexibility index (Phi) is 4.29. The molecule has 2 rings (SSSR count). The van der Waals surface area contributed by atoms with Crippen molar-refractivity contribution in [3.05, 3.63) is 23.3 Å². The number of hydrogen-bond acceptors (Lipinski definition) is 0. The molecule has 2 aliphatic rings. The van der Waals surface area contributed by atoms with Gasteiger partial charge in [0.15, 0.2) is 0 Å². The molecule has 2 atom stereocenters. The van der Waals surface area contributed by atoms with Crippen LogP contribution in [0.4, 0.5) is 4.39 Å². The first kappa shape index (κ1) is 13.8. The zero-order valence-corrected chi connectivity index (χ0v) is 12.2. The Hall–Kier alpha value is -0.590. The second-order valence-corrected chi connectivity index (χ2v) is 6.65. The van der Waals surface area contributed by atoms with E-state index in [1.54, 1.807) is 0 Å². The molecular formula is C17H27F. The average Bonchev–Trinajstić information content (AvgIpc) is 2.30. The lowest BCUT2D eigenvalue weighted by atomic mass is 9.70. The molecule has 0 aromatic heterocycles. The SMILES string of the molecule is CC1=C(C(C)C)C(F)C(C2CCC(C)CC2)C=C1. The summed E-state index contributed by atoms with van der Waals surface area (Å²) in [5.41, 5.74) is 2.19. The molecule has 2 aliphatic carbocycles. The van der Waals surface area contributed by atoms with Gasteiger partial charge in [-0.15, -0.1) is 0 Å². The molecule has 0 nitrogen and oxygen atoms in total. The van der Waals surface area contributed by atoms with Crippen molar-refractivity contribution in [3.63, 3.8) is 0 Å². The van der Waals surface area contributed by atoms with E-state index >= 15 is 0 Å². The lowest BCUT2D eigenvalue weighted by molar-refractivity contribution is 0.166. The lowest BCUT2D eigenvalue weighted by Gasteiger charge is -2.36. The summed E-state index contributed by atoms with van der Waals surface area (Å²) in [6.07, 6.45) is 8.54. The molecule has 102 valence electrons. The third kappa shape index (κ3) is 2.70. The van der Waals surface area contributed by atoms with Gasteiger partial charge < -0.3 is 0 Å². The van der Waals surface area contributed by atoms with E-state index in [0.717, 1.165) is 17.1 Å². The summed E-state index contributed by atoms with van der Waals surface area (Å²) >= 11 is 0. The average molecular weight is 250 g/mol. The largest absolute Gasteiger partial charge is 0.242 e. The predicted octanol–water partition coefficient (Wildman–Crippen LogP) is 5.31. The highest BCUT2D eigenvalue weighted by molar-refractivity contribution is 5.34. The summed E-state index contributed by atoms with van der Waals surface area (Å²) in [4.78, 5) is 0. The van der Waals surface area contributed by atoms with E-state index in [1.165, 1.54) is 25.7 Å². The zero-order chi connectivity index (χ0) is 13.3. The summed E-state index contributed by atoms with van der Waals surface area (Å²) in [6.45, 7) is 8.61. The van der Waals surface area contributed by atoms with E-state index in [-0.39, 0.29) is 5.92 Å². The van der Waals surface area contributed by atoms with E-state index < -0.39 is 6.17 Å². The van der Waals surface area contributed by atoms with Crippen LogP contribution in [0, 0.1) is 23.7 Å². The minimum atomic E-state index is -0.742. The van der Waals surface area contributed by atoms with Crippen molar-refractivity contribution in [2.45, 2.75) is 59.5 Å². The molecule has 0 aromatic rings. The summed E-state index contributed by atoms with van der Waals surface area (Å²) in [5, 5.41) is 0. The number of rotatable bonds is 2. The van der Waals surface area contributed by atoms with Crippen LogP contribution in [0.3, 0.4) is 0 Å². The van der Waals surface area contributed by atoms with Gasteiger partial charge in [0, 0.05) is 5.92 Å². The fraction of sp³-hybridized carbons (Fsp3) is 0.765. The van der Waals surface area contributed by atoms with Gasteiger partial charge in [0.1, 0.15) is 6.17 Å². The van der Waals surface area contributed by atoms with Crippen molar-refractivity contribution >= 4 is 0 Å². The van der Waals surface area contributed by atoms with Gasteiger partial charge in [0.2, 0.25) is 0 Å². The Morgan fingerprint density at radius 3 is 2.33 bits per heavy atom. The van der Waals surface area contributed by atoms with Crippen molar-refractivity contribution in [3.8, 4) is 0 Å². The van der Waals surface area contributed by atoms with Crippen molar-refractivity contribution in [2.24, 2.45) is 23.7 Å². The number of hydrogen-bond donors (Lipinski definition) is 0. The molecule has 0 heterocycles. The van der Waals surface area contributed by atoms with Crippen LogP contribution in [0.2, 0.25) is 0 Å². The van der Waals surface area contributed by atoms with Gasteiger partial charge >= 0.3 is 0 Å². The van der Waals surface area contributed by atoms with Gasteiger partial charge in [0.05, 0.1) is 0 Å². The lowest BCUT2D eigenvalue weighted by Crippen LogP contribution is -2.31. The van der Waals surface area contributed by atoms with Crippen molar-refractivity contribution < 1.29 is 4.39 Å². The molecule has 0 aliphatic heterocycles. The van der Waals surface area contributed by atoms with Crippen LogP contribution in [-0.4, -0.2) is 6.17 Å². The number of allylic oxidation sites excluding steroid dienone is 4. The second-order valence-electron chi connectivity index (χ2n) is 6.65. The molecule has 18 heavy (non-hydrogen) atoms. The summed E-state index contributed by atoms with van der Waals surface area (Å²) < 4.78 is 14.8. The fourth-order valence-corrected chi connectivity index (χ4v) is 3.71.